The van der Waals surface area contributed by atoms with Crippen LogP contribution in [0.2, 0.25) is 0 Å². The maximum Gasteiger partial charge on any atom is 0.0465 e. The molecule has 2 aromatic carbocycles. The Morgan fingerprint density at radius 1 is 0.828 bits per heavy atom. The maximum atomic E-state index is 3.94. The van der Waals surface area contributed by atoms with E-state index in [0.717, 1.165) is 13.1 Å². The molecule has 0 unspecified atom stereocenters. The van der Waals surface area contributed by atoms with E-state index in [1.807, 2.05) is 0 Å². The second-order valence-corrected chi connectivity index (χ2v) is 8.83. The number of fused-ring (bicyclic) bond motifs is 1. The predicted molar refractivity (Wildman–Crippen MR) is 123 cm³/mol. The number of para-hydroxylation sites is 1. The van der Waals surface area contributed by atoms with Crippen molar-refractivity contribution in [1.82, 2.24) is 15.2 Å². The summed E-state index contributed by atoms with van der Waals surface area (Å²) in [5.74, 6) is 0. The highest BCUT2D eigenvalue weighted by Gasteiger charge is 2.24. The fourth-order valence-corrected chi connectivity index (χ4v) is 4.91. The second kappa shape index (κ2) is 8.21. The normalized spacial score (nSPS) is 19.8. The van der Waals surface area contributed by atoms with Crippen molar-refractivity contribution in [3.05, 3.63) is 54.6 Å². The van der Waals surface area contributed by atoms with Gasteiger partial charge in [0, 0.05) is 47.5 Å². The van der Waals surface area contributed by atoms with Crippen molar-refractivity contribution in [2.75, 3.05) is 38.1 Å². The molecular weight excluding hydrogens is 356 g/mol. The number of benzene rings is 2. The molecule has 0 bridgehead atoms. The Bertz CT molecular complexity index is 913. The van der Waals surface area contributed by atoms with Crippen LogP contribution in [0, 0.1) is 0 Å². The quantitative estimate of drug-likeness (QED) is 0.691. The van der Waals surface area contributed by atoms with E-state index in [4.69, 9.17) is 0 Å². The van der Waals surface area contributed by atoms with E-state index in [2.05, 4.69) is 81.7 Å². The Hall–Kier alpha value is -2.30. The van der Waals surface area contributed by atoms with Crippen LogP contribution in [0.4, 0.5) is 5.69 Å². The standard InChI is InChI=1S/C25H32N4/c1-28-13-9-21(10-14-28)26-22-11-15-29(16-12-22)23-7-4-6-19(17-23)25-18-20-5-2-3-8-24(20)27-25/h2-8,17-18,21-22,26-27H,9-16H2,1H3. The van der Waals surface area contributed by atoms with Crippen LogP contribution < -0.4 is 10.2 Å². The van der Waals surface area contributed by atoms with Gasteiger partial charge in [0.2, 0.25) is 0 Å². The zero-order chi connectivity index (χ0) is 19.6. The summed E-state index contributed by atoms with van der Waals surface area (Å²) < 4.78 is 0. The SMILES string of the molecule is CN1CCC(NC2CCN(c3cccc(-c4cc5ccccc5[nH]4)c3)CC2)CC1. The molecule has 3 heterocycles. The lowest BCUT2D eigenvalue weighted by atomic mass is 9.99. The third-order valence-electron chi connectivity index (χ3n) is 6.74. The smallest absolute Gasteiger partial charge is 0.0465 e. The molecule has 2 N–H and O–H groups in total. The summed E-state index contributed by atoms with van der Waals surface area (Å²) in [7, 11) is 2.23. The minimum atomic E-state index is 0.677. The third-order valence-corrected chi connectivity index (χ3v) is 6.74. The van der Waals surface area contributed by atoms with Crippen LogP contribution in [0.25, 0.3) is 22.2 Å². The number of aromatic nitrogens is 1. The van der Waals surface area contributed by atoms with Crippen molar-refractivity contribution in [1.29, 1.82) is 0 Å². The molecule has 0 amide bonds. The first kappa shape index (κ1) is 18.7. The number of nitrogens with one attached hydrogen (secondary N) is 2. The summed E-state index contributed by atoms with van der Waals surface area (Å²) in [5, 5.41) is 5.22. The first-order valence-corrected chi connectivity index (χ1v) is 11.1. The monoisotopic (exact) mass is 388 g/mol. The molecule has 4 nitrogen and oxygen atoms in total. The van der Waals surface area contributed by atoms with Crippen molar-refractivity contribution in [3.63, 3.8) is 0 Å². The molecular formula is C25H32N4. The van der Waals surface area contributed by atoms with Gasteiger partial charge in [-0.15, -0.1) is 0 Å². The summed E-state index contributed by atoms with van der Waals surface area (Å²) in [5.41, 5.74) is 5.02. The molecule has 0 spiro atoms. The zero-order valence-electron chi connectivity index (χ0n) is 17.4. The molecule has 0 atom stereocenters. The maximum absolute atomic E-state index is 3.94. The highest BCUT2D eigenvalue weighted by molar-refractivity contribution is 5.86. The number of rotatable bonds is 4. The lowest BCUT2D eigenvalue weighted by molar-refractivity contribution is 0.217. The second-order valence-electron chi connectivity index (χ2n) is 8.83. The number of piperidine rings is 2. The van der Waals surface area contributed by atoms with Crippen molar-refractivity contribution in [3.8, 4) is 11.3 Å². The minimum absolute atomic E-state index is 0.677. The van der Waals surface area contributed by atoms with Gasteiger partial charge >= 0.3 is 0 Å². The fourth-order valence-electron chi connectivity index (χ4n) is 4.91. The van der Waals surface area contributed by atoms with Gasteiger partial charge in [0.1, 0.15) is 0 Å². The van der Waals surface area contributed by atoms with Crippen LogP contribution in [0.1, 0.15) is 25.7 Å². The van der Waals surface area contributed by atoms with Gasteiger partial charge in [-0.3, -0.25) is 0 Å². The van der Waals surface area contributed by atoms with Crippen molar-refractivity contribution >= 4 is 16.6 Å². The van der Waals surface area contributed by atoms with Gasteiger partial charge in [-0.25, -0.2) is 0 Å². The van der Waals surface area contributed by atoms with Crippen LogP contribution >= 0.6 is 0 Å². The van der Waals surface area contributed by atoms with E-state index >= 15 is 0 Å². The Morgan fingerprint density at radius 2 is 1.55 bits per heavy atom. The van der Waals surface area contributed by atoms with Crippen molar-refractivity contribution in [2.24, 2.45) is 0 Å². The molecule has 0 radical (unpaired) electrons. The summed E-state index contributed by atoms with van der Waals surface area (Å²) in [4.78, 5) is 8.57. The van der Waals surface area contributed by atoms with E-state index < -0.39 is 0 Å². The average Bonchev–Trinajstić information content (AvgIpc) is 3.20. The molecule has 4 heteroatoms. The summed E-state index contributed by atoms with van der Waals surface area (Å²) >= 11 is 0. The number of aromatic amines is 1. The molecule has 0 saturated carbocycles. The lowest BCUT2D eigenvalue weighted by Gasteiger charge is -2.38. The highest BCUT2D eigenvalue weighted by atomic mass is 15.2. The van der Waals surface area contributed by atoms with E-state index in [1.54, 1.807) is 0 Å². The lowest BCUT2D eigenvalue weighted by Crippen LogP contribution is -2.49. The van der Waals surface area contributed by atoms with E-state index in [1.165, 1.54) is 66.6 Å². The fraction of sp³-hybridized carbons (Fsp3) is 0.440. The van der Waals surface area contributed by atoms with Gasteiger partial charge in [-0.2, -0.15) is 0 Å². The number of nitrogens with zero attached hydrogens (tertiary/aromatic N) is 2. The molecule has 0 aliphatic carbocycles. The van der Waals surface area contributed by atoms with E-state index in [9.17, 15) is 0 Å². The molecule has 1 aromatic heterocycles. The van der Waals surface area contributed by atoms with Crippen LogP contribution in [0.5, 0.6) is 0 Å². The topological polar surface area (TPSA) is 34.3 Å². The Balaban J connectivity index is 1.23. The molecule has 2 aliphatic rings. The molecule has 3 aromatic rings. The Morgan fingerprint density at radius 3 is 2.31 bits per heavy atom. The van der Waals surface area contributed by atoms with Gasteiger partial charge in [-0.1, -0.05) is 30.3 Å². The van der Waals surface area contributed by atoms with Crippen molar-refractivity contribution in [2.45, 2.75) is 37.8 Å². The van der Waals surface area contributed by atoms with Gasteiger partial charge in [0.05, 0.1) is 0 Å². The Labute approximate surface area is 173 Å². The van der Waals surface area contributed by atoms with Crippen molar-refractivity contribution < 1.29 is 0 Å². The van der Waals surface area contributed by atoms with Gasteiger partial charge in [-0.05, 0) is 75.6 Å². The third kappa shape index (κ3) is 4.19. The molecule has 5 rings (SSSR count). The zero-order valence-corrected chi connectivity index (χ0v) is 17.4. The van der Waals surface area contributed by atoms with Gasteiger partial charge in [0.15, 0.2) is 0 Å². The minimum Gasteiger partial charge on any atom is -0.371 e. The number of hydrogen-bond donors (Lipinski definition) is 2. The highest BCUT2D eigenvalue weighted by Crippen LogP contribution is 2.29. The molecule has 2 fully saturated rings. The summed E-state index contributed by atoms with van der Waals surface area (Å²) in [6.45, 7) is 4.75. The van der Waals surface area contributed by atoms with Gasteiger partial charge < -0.3 is 20.1 Å². The van der Waals surface area contributed by atoms with E-state index in [0.29, 0.717) is 12.1 Å². The average molecular weight is 389 g/mol. The number of H-pyrrole nitrogens is 1. The summed E-state index contributed by atoms with van der Waals surface area (Å²) in [6.07, 6.45) is 5.07. The largest absolute Gasteiger partial charge is 0.371 e. The first-order valence-electron chi connectivity index (χ1n) is 11.1. The van der Waals surface area contributed by atoms with Crippen LogP contribution in [0.15, 0.2) is 54.6 Å². The van der Waals surface area contributed by atoms with Gasteiger partial charge in [0.25, 0.3) is 0 Å². The molecule has 2 saturated heterocycles. The number of anilines is 1. The van der Waals surface area contributed by atoms with Crippen LogP contribution in [0.3, 0.4) is 0 Å². The molecule has 29 heavy (non-hydrogen) atoms. The van der Waals surface area contributed by atoms with E-state index in [-0.39, 0.29) is 0 Å². The Kier molecular flexibility index (Phi) is 5.30. The predicted octanol–water partition coefficient (Wildman–Crippen LogP) is 4.49. The number of likely N-dealkylation sites (tertiary alicyclic amines) is 1. The van der Waals surface area contributed by atoms with Crippen LogP contribution in [-0.2, 0) is 0 Å². The number of hydrogen-bond acceptors (Lipinski definition) is 3. The van der Waals surface area contributed by atoms with Crippen LogP contribution in [-0.4, -0.2) is 55.2 Å². The summed E-state index contributed by atoms with van der Waals surface area (Å²) in [6, 6.07) is 21.2. The molecule has 2 aliphatic heterocycles. The first-order chi connectivity index (χ1) is 14.2. The molecule has 152 valence electrons.